The molecular weight excluding hydrogens is 306 g/mol. The SMILES string of the molecule is Cc1nc(-c2ccccc2)sc1C(C)NC(=O)[C@@H](C)N.Cl. The number of thiazole rings is 1. The number of hydrogen-bond donors (Lipinski definition) is 2. The first-order chi connectivity index (χ1) is 9.49. The Morgan fingerprint density at radius 2 is 1.90 bits per heavy atom. The highest BCUT2D eigenvalue weighted by atomic mass is 35.5. The molecular formula is C15H20ClN3OS. The van der Waals surface area contributed by atoms with Crippen molar-refractivity contribution in [3.63, 3.8) is 0 Å². The molecule has 0 fully saturated rings. The predicted molar refractivity (Wildman–Crippen MR) is 89.7 cm³/mol. The first kappa shape index (κ1) is 17.6. The Morgan fingerprint density at radius 3 is 2.48 bits per heavy atom. The highest BCUT2D eigenvalue weighted by Crippen LogP contribution is 2.31. The van der Waals surface area contributed by atoms with Crippen molar-refractivity contribution >= 4 is 29.7 Å². The van der Waals surface area contributed by atoms with Crippen LogP contribution < -0.4 is 11.1 Å². The number of hydrogen-bond acceptors (Lipinski definition) is 4. The molecule has 0 aliphatic heterocycles. The Balaban J connectivity index is 0.00000220. The molecule has 0 bridgehead atoms. The third-order valence-corrected chi connectivity index (χ3v) is 4.41. The molecule has 0 spiro atoms. The molecule has 6 heteroatoms. The van der Waals surface area contributed by atoms with Gasteiger partial charge in [-0.2, -0.15) is 0 Å². The lowest BCUT2D eigenvalue weighted by atomic mass is 10.2. The highest BCUT2D eigenvalue weighted by molar-refractivity contribution is 7.15. The Labute approximate surface area is 135 Å². The van der Waals surface area contributed by atoms with Crippen molar-refractivity contribution < 1.29 is 4.79 Å². The van der Waals surface area contributed by atoms with Crippen LogP contribution in [0.2, 0.25) is 0 Å². The lowest BCUT2D eigenvalue weighted by Gasteiger charge is -2.14. The first-order valence-electron chi connectivity index (χ1n) is 6.57. The molecule has 2 aromatic rings. The van der Waals surface area contributed by atoms with E-state index < -0.39 is 6.04 Å². The number of nitrogens with two attached hydrogens (primary N) is 1. The van der Waals surface area contributed by atoms with E-state index in [2.05, 4.69) is 10.3 Å². The van der Waals surface area contributed by atoms with Crippen LogP contribution in [-0.4, -0.2) is 16.9 Å². The van der Waals surface area contributed by atoms with E-state index in [1.807, 2.05) is 44.2 Å². The van der Waals surface area contributed by atoms with Crippen LogP contribution in [0.25, 0.3) is 10.6 Å². The van der Waals surface area contributed by atoms with E-state index in [0.29, 0.717) is 0 Å². The maximum atomic E-state index is 11.7. The minimum Gasteiger partial charge on any atom is -0.347 e. The molecule has 0 aliphatic rings. The number of aryl methyl sites for hydroxylation is 1. The number of carbonyl (C=O) groups excluding carboxylic acids is 1. The molecule has 0 saturated carbocycles. The standard InChI is InChI=1S/C15H19N3OS.ClH/c1-9(16)14(19)17-10(2)13-11(3)18-15(20-13)12-7-5-4-6-8-12;/h4-10H,16H2,1-3H3,(H,17,19);1H/t9-,10?;/m1./s1. The minimum atomic E-state index is -0.501. The van der Waals surface area contributed by atoms with Gasteiger partial charge < -0.3 is 11.1 Å². The summed E-state index contributed by atoms with van der Waals surface area (Å²) in [6.07, 6.45) is 0. The molecule has 1 aromatic heterocycles. The summed E-state index contributed by atoms with van der Waals surface area (Å²) in [5.41, 5.74) is 7.62. The number of aromatic nitrogens is 1. The molecule has 21 heavy (non-hydrogen) atoms. The van der Waals surface area contributed by atoms with Crippen LogP contribution in [0.3, 0.4) is 0 Å². The summed E-state index contributed by atoms with van der Waals surface area (Å²) < 4.78 is 0. The number of carbonyl (C=O) groups is 1. The fraction of sp³-hybridized carbons (Fsp3) is 0.333. The number of nitrogens with zero attached hydrogens (tertiary/aromatic N) is 1. The number of halogens is 1. The summed E-state index contributed by atoms with van der Waals surface area (Å²) >= 11 is 1.61. The number of amides is 1. The number of benzene rings is 1. The van der Waals surface area contributed by atoms with E-state index in [-0.39, 0.29) is 24.4 Å². The monoisotopic (exact) mass is 325 g/mol. The maximum Gasteiger partial charge on any atom is 0.237 e. The molecule has 1 amide bonds. The van der Waals surface area contributed by atoms with E-state index in [1.54, 1.807) is 18.3 Å². The first-order valence-corrected chi connectivity index (χ1v) is 7.39. The summed E-state index contributed by atoms with van der Waals surface area (Å²) in [7, 11) is 0. The van der Waals surface area contributed by atoms with Gasteiger partial charge in [0.2, 0.25) is 5.91 Å². The van der Waals surface area contributed by atoms with Gasteiger partial charge in [-0.05, 0) is 20.8 Å². The van der Waals surface area contributed by atoms with Gasteiger partial charge in [0.1, 0.15) is 5.01 Å². The van der Waals surface area contributed by atoms with E-state index in [9.17, 15) is 4.79 Å². The summed E-state index contributed by atoms with van der Waals surface area (Å²) in [6, 6.07) is 9.46. The van der Waals surface area contributed by atoms with Crippen LogP contribution in [0.4, 0.5) is 0 Å². The molecule has 2 atom stereocenters. The van der Waals surface area contributed by atoms with Gasteiger partial charge in [-0.15, -0.1) is 23.7 Å². The molecule has 4 nitrogen and oxygen atoms in total. The van der Waals surface area contributed by atoms with Gasteiger partial charge in [0.05, 0.1) is 22.7 Å². The average Bonchev–Trinajstić information content (AvgIpc) is 2.81. The summed E-state index contributed by atoms with van der Waals surface area (Å²) in [6.45, 7) is 5.60. The van der Waals surface area contributed by atoms with Crippen LogP contribution in [0.15, 0.2) is 30.3 Å². The van der Waals surface area contributed by atoms with Crippen LogP contribution in [-0.2, 0) is 4.79 Å². The van der Waals surface area contributed by atoms with E-state index in [1.165, 1.54) is 0 Å². The smallest absolute Gasteiger partial charge is 0.237 e. The molecule has 0 radical (unpaired) electrons. The second-order valence-corrected chi connectivity index (χ2v) is 5.88. The van der Waals surface area contributed by atoms with Crippen molar-refractivity contribution in [2.24, 2.45) is 5.73 Å². The van der Waals surface area contributed by atoms with Crippen LogP contribution >= 0.6 is 23.7 Å². The molecule has 1 heterocycles. The molecule has 1 aromatic carbocycles. The zero-order valence-electron chi connectivity index (χ0n) is 12.3. The van der Waals surface area contributed by atoms with E-state index in [0.717, 1.165) is 21.1 Å². The molecule has 0 aliphatic carbocycles. The fourth-order valence-electron chi connectivity index (χ4n) is 1.92. The van der Waals surface area contributed by atoms with E-state index >= 15 is 0 Å². The molecule has 1 unspecified atom stereocenters. The van der Waals surface area contributed by atoms with Crippen molar-refractivity contribution in [3.8, 4) is 10.6 Å². The van der Waals surface area contributed by atoms with Crippen molar-refractivity contribution in [2.45, 2.75) is 32.9 Å². The topological polar surface area (TPSA) is 68.0 Å². The van der Waals surface area contributed by atoms with Gasteiger partial charge >= 0.3 is 0 Å². The third-order valence-electron chi connectivity index (χ3n) is 3.02. The van der Waals surface area contributed by atoms with Crippen LogP contribution in [0, 0.1) is 6.92 Å². The second kappa shape index (κ2) is 7.54. The van der Waals surface area contributed by atoms with Gasteiger partial charge in [-0.1, -0.05) is 30.3 Å². The van der Waals surface area contributed by atoms with Crippen molar-refractivity contribution in [1.29, 1.82) is 0 Å². The summed E-state index contributed by atoms with van der Waals surface area (Å²) in [5.74, 6) is -0.147. The quantitative estimate of drug-likeness (QED) is 0.907. The van der Waals surface area contributed by atoms with Crippen LogP contribution in [0.1, 0.15) is 30.5 Å². The Hall–Kier alpha value is -1.43. The normalized spacial score (nSPS) is 13.1. The minimum absolute atomic E-state index is 0. The largest absolute Gasteiger partial charge is 0.347 e. The zero-order chi connectivity index (χ0) is 14.7. The zero-order valence-corrected chi connectivity index (χ0v) is 13.9. The fourth-order valence-corrected chi connectivity index (χ4v) is 3.00. The maximum absolute atomic E-state index is 11.7. The molecule has 0 saturated heterocycles. The Morgan fingerprint density at radius 1 is 1.29 bits per heavy atom. The average molecular weight is 326 g/mol. The van der Waals surface area contributed by atoms with Crippen molar-refractivity contribution in [1.82, 2.24) is 10.3 Å². The highest BCUT2D eigenvalue weighted by Gasteiger charge is 2.18. The lowest BCUT2D eigenvalue weighted by molar-refractivity contribution is -0.122. The molecule has 114 valence electrons. The van der Waals surface area contributed by atoms with Gasteiger partial charge in [0, 0.05) is 5.56 Å². The third kappa shape index (κ3) is 4.27. The summed E-state index contributed by atoms with van der Waals surface area (Å²) in [5, 5.41) is 3.88. The van der Waals surface area contributed by atoms with Gasteiger partial charge in [0.25, 0.3) is 0 Å². The molecule has 2 rings (SSSR count). The van der Waals surface area contributed by atoms with Crippen molar-refractivity contribution in [2.75, 3.05) is 0 Å². The number of rotatable bonds is 4. The lowest BCUT2D eigenvalue weighted by Crippen LogP contribution is -2.39. The second-order valence-electron chi connectivity index (χ2n) is 4.85. The van der Waals surface area contributed by atoms with Crippen LogP contribution in [0.5, 0.6) is 0 Å². The van der Waals surface area contributed by atoms with Gasteiger partial charge in [-0.3, -0.25) is 4.79 Å². The van der Waals surface area contributed by atoms with Crippen molar-refractivity contribution in [3.05, 3.63) is 40.9 Å². The number of nitrogens with one attached hydrogen (secondary N) is 1. The van der Waals surface area contributed by atoms with Gasteiger partial charge in [0.15, 0.2) is 0 Å². The van der Waals surface area contributed by atoms with E-state index in [4.69, 9.17) is 5.73 Å². The molecule has 3 N–H and O–H groups in total. The Kier molecular flexibility index (Phi) is 6.33. The Bertz CT molecular complexity index is 598. The van der Waals surface area contributed by atoms with Gasteiger partial charge in [-0.25, -0.2) is 4.98 Å². The predicted octanol–water partition coefficient (Wildman–Crippen LogP) is 3.06. The summed E-state index contributed by atoms with van der Waals surface area (Å²) in [4.78, 5) is 17.3.